The van der Waals surface area contributed by atoms with Gasteiger partial charge in [-0.3, -0.25) is 4.79 Å². The fourth-order valence-corrected chi connectivity index (χ4v) is 3.81. The summed E-state index contributed by atoms with van der Waals surface area (Å²) in [6, 6.07) is 4.34. The van der Waals surface area contributed by atoms with Crippen LogP contribution in [0.5, 0.6) is 5.75 Å². The third kappa shape index (κ3) is 6.33. The Morgan fingerprint density at radius 3 is 3.08 bits per heavy atom. The Balaban J connectivity index is 0.00000225. The standard InChI is InChI=1S/C17H23FN2O3S.ClH/c18-12-3-4-16(23-10-14-2-1-6-22-14)15(8-12)20-17(21)9-13-11-24-7-5-19-13;/h3-4,8,13-14,19H,1-2,5-7,9-11H2,(H,20,21);1H. The first-order chi connectivity index (χ1) is 11.7. The van der Waals surface area contributed by atoms with Crippen LogP contribution in [0.15, 0.2) is 18.2 Å². The quantitative estimate of drug-likeness (QED) is 0.782. The van der Waals surface area contributed by atoms with Crippen molar-refractivity contribution in [2.75, 3.05) is 36.6 Å². The number of amides is 1. The first kappa shape index (κ1) is 20.3. The number of hydrogen-bond donors (Lipinski definition) is 2. The molecule has 2 saturated heterocycles. The molecule has 2 N–H and O–H groups in total. The monoisotopic (exact) mass is 390 g/mol. The second kappa shape index (κ2) is 10.2. The molecule has 0 aliphatic carbocycles. The molecule has 140 valence electrons. The van der Waals surface area contributed by atoms with Crippen LogP contribution in [0, 0.1) is 5.82 Å². The van der Waals surface area contributed by atoms with Crippen LogP contribution in [-0.2, 0) is 9.53 Å². The molecule has 0 spiro atoms. The van der Waals surface area contributed by atoms with Crippen molar-refractivity contribution in [2.45, 2.75) is 31.4 Å². The van der Waals surface area contributed by atoms with Gasteiger partial charge in [0.25, 0.3) is 0 Å². The molecule has 0 bridgehead atoms. The molecule has 2 fully saturated rings. The van der Waals surface area contributed by atoms with Gasteiger partial charge in [0.2, 0.25) is 5.91 Å². The van der Waals surface area contributed by atoms with E-state index in [0.29, 0.717) is 24.5 Å². The number of thioether (sulfide) groups is 1. The van der Waals surface area contributed by atoms with Crippen LogP contribution in [0.1, 0.15) is 19.3 Å². The summed E-state index contributed by atoms with van der Waals surface area (Å²) in [5.41, 5.74) is 0.376. The van der Waals surface area contributed by atoms with E-state index in [1.807, 2.05) is 11.8 Å². The van der Waals surface area contributed by atoms with Crippen molar-refractivity contribution in [1.82, 2.24) is 5.32 Å². The van der Waals surface area contributed by atoms with Gasteiger partial charge in [-0.2, -0.15) is 11.8 Å². The smallest absolute Gasteiger partial charge is 0.226 e. The van der Waals surface area contributed by atoms with Gasteiger partial charge >= 0.3 is 0 Å². The average Bonchev–Trinajstić information content (AvgIpc) is 3.08. The zero-order valence-corrected chi connectivity index (χ0v) is 15.6. The van der Waals surface area contributed by atoms with Gasteiger partial charge in [0.15, 0.2) is 0 Å². The van der Waals surface area contributed by atoms with Gasteiger partial charge in [-0.15, -0.1) is 12.4 Å². The molecule has 3 rings (SSSR count). The number of halogens is 2. The van der Waals surface area contributed by atoms with Gasteiger partial charge in [0.1, 0.15) is 18.2 Å². The number of ether oxygens (including phenoxy) is 2. The van der Waals surface area contributed by atoms with Gasteiger partial charge in [-0.05, 0) is 25.0 Å². The van der Waals surface area contributed by atoms with E-state index in [1.165, 1.54) is 12.1 Å². The van der Waals surface area contributed by atoms with Gasteiger partial charge in [0, 0.05) is 43.2 Å². The molecule has 2 aliphatic heterocycles. The highest BCUT2D eigenvalue weighted by Crippen LogP contribution is 2.27. The van der Waals surface area contributed by atoms with E-state index in [1.54, 1.807) is 6.07 Å². The minimum absolute atomic E-state index is 0. The van der Waals surface area contributed by atoms with Crippen LogP contribution < -0.4 is 15.4 Å². The lowest BCUT2D eigenvalue weighted by atomic mass is 10.2. The molecule has 0 radical (unpaired) electrons. The Morgan fingerprint density at radius 1 is 1.48 bits per heavy atom. The van der Waals surface area contributed by atoms with Gasteiger partial charge in [-0.25, -0.2) is 4.39 Å². The zero-order chi connectivity index (χ0) is 16.8. The summed E-state index contributed by atoms with van der Waals surface area (Å²) in [6.45, 7) is 2.08. The van der Waals surface area contributed by atoms with Crippen molar-refractivity contribution < 1.29 is 18.7 Å². The molecular formula is C17H24ClFN2O3S. The summed E-state index contributed by atoms with van der Waals surface area (Å²) in [4.78, 5) is 12.2. The summed E-state index contributed by atoms with van der Waals surface area (Å²) in [6.07, 6.45) is 2.44. The van der Waals surface area contributed by atoms with Crippen molar-refractivity contribution in [1.29, 1.82) is 0 Å². The maximum Gasteiger partial charge on any atom is 0.226 e. The van der Waals surface area contributed by atoms with Gasteiger partial charge in [-0.1, -0.05) is 0 Å². The SMILES string of the molecule is Cl.O=C(CC1CSCCN1)Nc1cc(F)ccc1OCC1CCCO1. The van der Waals surface area contributed by atoms with Crippen LogP contribution in [0.25, 0.3) is 0 Å². The lowest BCUT2D eigenvalue weighted by Crippen LogP contribution is -2.39. The number of benzene rings is 1. The minimum atomic E-state index is -0.402. The lowest BCUT2D eigenvalue weighted by molar-refractivity contribution is -0.116. The number of nitrogens with one attached hydrogen (secondary N) is 2. The number of rotatable bonds is 6. The predicted molar refractivity (Wildman–Crippen MR) is 100 cm³/mol. The molecular weight excluding hydrogens is 367 g/mol. The summed E-state index contributed by atoms with van der Waals surface area (Å²) in [5, 5.41) is 6.10. The largest absolute Gasteiger partial charge is 0.489 e. The summed E-state index contributed by atoms with van der Waals surface area (Å²) < 4.78 is 24.8. The van der Waals surface area contributed by atoms with Crippen LogP contribution in [0.3, 0.4) is 0 Å². The molecule has 8 heteroatoms. The predicted octanol–water partition coefficient (Wildman–Crippen LogP) is 2.84. The lowest BCUT2D eigenvalue weighted by Gasteiger charge is -2.22. The van der Waals surface area contributed by atoms with E-state index in [2.05, 4.69) is 10.6 Å². The van der Waals surface area contributed by atoms with E-state index in [-0.39, 0.29) is 30.5 Å². The average molecular weight is 391 g/mol. The minimum Gasteiger partial charge on any atom is -0.489 e. The molecule has 1 amide bonds. The fraction of sp³-hybridized carbons (Fsp3) is 0.588. The third-order valence-electron chi connectivity index (χ3n) is 4.09. The molecule has 2 aliphatic rings. The maximum atomic E-state index is 13.6. The number of anilines is 1. The van der Waals surface area contributed by atoms with E-state index < -0.39 is 5.82 Å². The van der Waals surface area contributed by atoms with Gasteiger partial charge < -0.3 is 20.1 Å². The molecule has 2 unspecified atom stereocenters. The molecule has 2 heterocycles. The van der Waals surface area contributed by atoms with Crippen molar-refractivity contribution in [3.8, 4) is 5.75 Å². The highest BCUT2D eigenvalue weighted by atomic mass is 35.5. The summed E-state index contributed by atoms with van der Waals surface area (Å²) in [5.74, 6) is 1.93. The molecule has 1 aromatic carbocycles. The molecule has 2 atom stereocenters. The van der Waals surface area contributed by atoms with E-state index in [0.717, 1.165) is 37.5 Å². The highest BCUT2D eigenvalue weighted by Gasteiger charge is 2.19. The Bertz CT molecular complexity index is 567. The van der Waals surface area contributed by atoms with Crippen LogP contribution >= 0.6 is 24.2 Å². The van der Waals surface area contributed by atoms with Gasteiger partial charge in [0.05, 0.1) is 11.8 Å². The molecule has 5 nitrogen and oxygen atoms in total. The second-order valence-corrected chi connectivity index (χ2v) is 7.21. The number of carbonyl (C=O) groups is 1. The Kier molecular flexibility index (Phi) is 8.29. The highest BCUT2D eigenvalue weighted by molar-refractivity contribution is 7.99. The van der Waals surface area contributed by atoms with E-state index in [4.69, 9.17) is 9.47 Å². The van der Waals surface area contributed by atoms with E-state index >= 15 is 0 Å². The number of hydrogen-bond acceptors (Lipinski definition) is 5. The van der Waals surface area contributed by atoms with Crippen LogP contribution in [0.4, 0.5) is 10.1 Å². The Hall–Kier alpha value is -1.02. The molecule has 25 heavy (non-hydrogen) atoms. The zero-order valence-electron chi connectivity index (χ0n) is 14.0. The molecule has 1 aromatic rings. The molecule has 0 saturated carbocycles. The van der Waals surface area contributed by atoms with Crippen LogP contribution in [0.2, 0.25) is 0 Å². The summed E-state index contributed by atoms with van der Waals surface area (Å²) in [7, 11) is 0. The first-order valence-electron chi connectivity index (χ1n) is 8.35. The Morgan fingerprint density at radius 2 is 2.36 bits per heavy atom. The normalized spacial score (nSPS) is 22.9. The van der Waals surface area contributed by atoms with E-state index in [9.17, 15) is 9.18 Å². The number of carbonyl (C=O) groups excluding carboxylic acids is 1. The topological polar surface area (TPSA) is 59.6 Å². The van der Waals surface area contributed by atoms with Crippen molar-refractivity contribution in [3.05, 3.63) is 24.0 Å². The second-order valence-electron chi connectivity index (χ2n) is 6.06. The fourth-order valence-electron chi connectivity index (χ4n) is 2.86. The molecule has 0 aromatic heterocycles. The van der Waals surface area contributed by atoms with Crippen molar-refractivity contribution >= 4 is 35.8 Å². The van der Waals surface area contributed by atoms with Crippen LogP contribution in [-0.4, -0.2) is 49.3 Å². The first-order valence-corrected chi connectivity index (χ1v) is 9.51. The summed E-state index contributed by atoms with van der Waals surface area (Å²) >= 11 is 1.84. The Labute approximate surface area is 157 Å². The van der Waals surface area contributed by atoms with Crippen molar-refractivity contribution in [3.63, 3.8) is 0 Å². The van der Waals surface area contributed by atoms with Crippen molar-refractivity contribution in [2.24, 2.45) is 0 Å². The third-order valence-corrected chi connectivity index (χ3v) is 5.23. The maximum absolute atomic E-state index is 13.6.